The van der Waals surface area contributed by atoms with E-state index in [9.17, 15) is 0 Å². The van der Waals surface area contributed by atoms with E-state index in [1.54, 1.807) is 0 Å². The molecule has 0 bridgehead atoms. The highest BCUT2D eigenvalue weighted by atomic mass is 16.5. The largest absolute Gasteiger partial charge is 0.380 e. The van der Waals surface area contributed by atoms with Gasteiger partial charge in [0.05, 0.1) is 6.61 Å². The first kappa shape index (κ1) is 12.0. The van der Waals surface area contributed by atoms with Crippen molar-refractivity contribution in [2.45, 2.75) is 32.7 Å². The second kappa shape index (κ2) is 6.38. The van der Waals surface area contributed by atoms with Gasteiger partial charge in [0.1, 0.15) is 0 Å². The van der Waals surface area contributed by atoms with Gasteiger partial charge in [0.2, 0.25) is 0 Å². The van der Waals surface area contributed by atoms with Crippen LogP contribution in [0.4, 0.5) is 0 Å². The highest BCUT2D eigenvalue weighted by Crippen LogP contribution is 2.14. The quantitative estimate of drug-likeness (QED) is 0.675. The van der Waals surface area contributed by atoms with Gasteiger partial charge in [0, 0.05) is 25.7 Å². The van der Waals surface area contributed by atoms with Gasteiger partial charge in [-0.3, -0.25) is 4.90 Å². The number of piperidine rings is 1. The predicted octanol–water partition coefficient (Wildman–Crippen LogP) is 1.08. The summed E-state index contributed by atoms with van der Waals surface area (Å²) in [6.07, 6.45) is 2.34. The minimum atomic E-state index is 0.356. The molecule has 0 aromatic rings. The fourth-order valence-electron chi connectivity index (χ4n) is 1.81. The molecule has 2 N–H and O–H groups in total. The van der Waals surface area contributed by atoms with Crippen LogP contribution in [0.2, 0.25) is 0 Å². The smallest absolute Gasteiger partial charge is 0.0593 e. The summed E-state index contributed by atoms with van der Waals surface area (Å²) in [5, 5.41) is 0. The van der Waals surface area contributed by atoms with Crippen molar-refractivity contribution in [3.8, 4) is 0 Å². The second-order valence-electron chi connectivity index (χ2n) is 4.34. The molecule has 1 heterocycles. The summed E-state index contributed by atoms with van der Waals surface area (Å²) in [7, 11) is 0. The van der Waals surface area contributed by atoms with Gasteiger partial charge in [0.25, 0.3) is 0 Å². The number of nitrogens with zero attached hydrogens (tertiary/aromatic N) is 1. The average Bonchev–Trinajstić information content (AvgIpc) is 2.18. The summed E-state index contributed by atoms with van der Waals surface area (Å²) in [4.78, 5) is 2.42. The third-order valence-electron chi connectivity index (χ3n) is 3.00. The fourth-order valence-corrected chi connectivity index (χ4v) is 1.81. The number of hydrogen-bond acceptors (Lipinski definition) is 3. The van der Waals surface area contributed by atoms with Crippen LogP contribution in [-0.2, 0) is 4.74 Å². The van der Waals surface area contributed by atoms with E-state index in [4.69, 9.17) is 10.5 Å². The van der Waals surface area contributed by atoms with Crippen LogP contribution in [0.25, 0.3) is 0 Å². The molecule has 0 radical (unpaired) electrons. The molecule has 0 aliphatic carbocycles. The van der Waals surface area contributed by atoms with E-state index in [0.717, 1.165) is 32.7 Å². The maximum Gasteiger partial charge on any atom is 0.0593 e. The van der Waals surface area contributed by atoms with Gasteiger partial charge in [-0.1, -0.05) is 13.8 Å². The van der Waals surface area contributed by atoms with Crippen molar-refractivity contribution in [2.24, 2.45) is 11.7 Å². The Bertz CT molecular complexity index is 152. The molecule has 0 saturated carbocycles. The second-order valence-corrected chi connectivity index (χ2v) is 4.34. The number of ether oxygens (including phenoxy) is 1. The average molecular weight is 200 g/mol. The molecule has 0 aromatic carbocycles. The van der Waals surface area contributed by atoms with E-state index in [0.29, 0.717) is 12.0 Å². The van der Waals surface area contributed by atoms with Crippen LogP contribution in [-0.4, -0.2) is 43.8 Å². The van der Waals surface area contributed by atoms with Crippen LogP contribution >= 0.6 is 0 Å². The minimum absolute atomic E-state index is 0.356. The lowest BCUT2D eigenvalue weighted by molar-refractivity contribution is 0.0847. The highest BCUT2D eigenvalue weighted by molar-refractivity contribution is 4.80. The Morgan fingerprint density at radius 3 is 2.86 bits per heavy atom. The van der Waals surface area contributed by atoms with E-state index in [1.165, 1.54) is 13.0 Å². The fraction of sp³-hybridized carbons (Fsp3) is 1.00. The van der Waals surface area contributed by atoms with E-state index < -0.39 is 0 Å². The zero-order valence-corrected chi connectivity index (χ0v) is 9.54. The third-order valence-corrected chi connectivity index (χ3v) is 3.00. The molecule has 1 saturated heterocycles. The van der Waals surface area contributed by atoms with E-state index >= 15 is 0 Å². The summed E-state index contributed by atoms with van der Waals surface area (Å²) in [5.41, 5.74) is 6.02. The van der Waals surface area contributed by atoms with Crippen molar-refractivity contribution in [3.05, 3.63) is 0 Å². The Hall–Kier alpha value is -0.120. The maximum absolute atomic E-state index is 6.02. The van der Waals surface area contributed by atoms with Gasteiger partial charge >= 0.3 is 0 Å². The Morgan fingerprint density at radius 2 is 2.21 bits per heavy atom. The van der Waals surface area contributed by atoms with Gasteiger partial charge in [-0.2, -0.15) is 0 Å². The minimum Gasteiger partial charge on any atom is -0.380 e. The summed E-state index contributed by atoms with van der Waals surface area (Å²) in [6, 6.07) is 0.356. The Balaban J connectivity index is 2.07. The first-order chi connectivity index (χ1) is 6.74. The number of nitrogens with two attached hydrogens (primary N) is 1. The summed E-state index contributed by atoms with van der Waals surface area (Å²) in [5.74, 6) is 0.683. The SMILES string of the molecule is CCCOCCN1CCC(C)C(N)C1. The molecule has 1 rings (SSSR count). The van der Waals surface area contributed by atoms with Gasteiger partial charge < -0.3 is 10.5 Å². The molecule has 1 aliphatic rings. The normalized spacial score (nSPS) is 29.4. The van der Waals surface area contributed by atoms with Gasteiger partial charge in [0.15, 0.2) is 0 Å². The Morgan fingerprint density at radius 1 is 1.43 bits per heavy atom. The molecule has 84 valence electrons. The molecular weight excluding hydrogens is 176 g/mol. The number of likely N-dealkylation sites (tertiary alicyclic amines) is 1. The molecule has 3 nitrogen and oxygen atoms in total. The van der Waals surface area contributed by atoms with E-state index in [1.807, 2.05) is 0 Å². The molecule has 14 heavy (non-hydrogen) atoms. The van der Waals surface area contributed by atoms with Crippen LogP contribution in [0.3, 0.4) is 0 Å². The Kier molecular flexibility index (Phi) is 5.45. The van der Waals surface area contributed by atoms with E-state index in [-0.39, 0.29) is 0 Å². The zero-order valence-electron chi connectivity index (χ0n) is 9.54. The number of rotatable bonds is 5. The lowest BCUT2D eigenvalue weighted by Gasteiger charge is -2.34. The molecule has 1 aliphatic heterocycles. The molecule has 0 aromatic heterocycles. The topological polar surface area (TPSA) is 38.5 Å². The van der Waals surface area contributed by atoms with E-state index in [2.05, 4.69) is 18.7 Å². The van der Waals surface area contributed by atoms with Gasteiger partial charge in [-0.25, -0.2) is 0 Å². The van der Waals surface area contributed by atoms with Crippen molar-refractivity contribution in [2.75, 3.05) is 32.8 Å². The molecule has 3 heteroatoms. The van der Waals surface area contributed by atoms with Crippen molar-refractivity contribution in [1.82, 2.24) is 4.90 Å². The Labute approximate surface area is 87.6 Å². The first-order valence-corrected chi connectivity index (χ1v) is 5.79. The lowest BCUT2D eigenvalue weighted by atomic mass is 9.94. The summed E-state index contributed by atoms with van der Waals surface area (Å²) in [6.45, 7) is 9.39. The summed E-state index contributed by atoms with van der Waals surface area (Å²) < 4.78 is 5.47. The third kappa shape index (κ3) is 3.95. The molecular formula is C11H24N2O. The van der Waals surface area contributed by atoms with Gasteiger partial charge in [-0.05, 0) is 25.3 Å². The molecule has 2 unspecified atom stereocenters. The van der Waals surface area contributed by atoms with Crippen LogP contribution in [0.1, 0.15) is 26.7 Å². The molecule has 1 fully saturated rings. The maximum atomic E-state index is 6.02. The highest BCUT2D eigenvalue weighted by Gasteiger charge is 2.22. The standard InChI is InChI=1S/C11H24N2O/c1-3-7-14-8-6-13-5-4-10(2)11(12)9-13/h10-11H,3-9,12H2,1-2H3. The van der Waals surface area contributed by atoms with Crippen LogP contribution in [0.5, 0.6) is 0 Å². The number of hydrogen-bond donors (Lipinski definition) is 1. The van der Waals surface area contributed by atoms with Crippen LogP contribution < -0.4 is 5.73 Å². The lowest BCUT2D eigenvalue weighted by Crippen LogP contribution is -2.48. The van der Waals surface area contributed by atoms with Crippen molar-refractivity contribution in [3.63, 3.8) is 0 Å². The predicted molar refractivity (Wildman–Crippen MR) is 59.3 cm³/mol. The van der Waals surface area contributed by atoms with Crippen molar-refractivity contribution in [1.29, 1.82) is 0 Å². The molecule has 0 amide bonds. The first-order valence-electron chi connectivity index (χ1n) is 5.79. The van der Waals surface area contributed by atoms with Crippen LogP contribution in [0, 0.1) is 5.92 Å². The molecule has 0 spiro atoms. The van der Waals surface area contributed by atoms with Gasteiger partial charge in [-0.15, -0.1) is 0 Å². The van der Waals surface area contributed by atoms with Crippen LogP contribution in [0.15, 0.2) is 0 Å². The molecule has 2 atom stereocenters. The van der Waals surface area contributed by atoms with Crippen molar-refractivity contribution < 1.29 is 4.74 Å². The zero-order chi connectivity index (χ0) is 10.4. The summed E-state index contributed by atoms with van der Waals surface area (Å²) >= 11 is 0. The monoisotopic (exact) mass is 200 g/mol. The van der Waals surface area contributed by atoms with Crippen molar-refractivity contribution >= 4 is 0 Å².